The zero-order chi connectivity index (χ0) is 30.6. The van der Waals surface area contributed by atoms with Crippen molar-refractivity contribution >= 4 is 30.3 Å². The average molecular weight is 628 g/mol. The Morgan fingerprint density at radius 1 is 0.475 bits per heavy atom. The number of sulfonamides is 2. The Balaban J connectivity index is 2.99. The van der Waals surface area contributed by atoms with E-state index in [-0.39, 0.29) is 48.1 Å². The van der Waals surface area contributed by atoms with E-state index < -0.39 is 44.4 Å². The molecule has 0 aliphatic rings. The smallest absolute Gasteiger partial charge is 0.201 e. The zero-order valence-electron chi connectivity index (χ0n) is 22.3. The van der Waals surface area contributed by atoms with Gasteiger partial charge in [0.15, 0.2) is 0 Å². The summed E-state index contributed by atoms with van der Waals surface area (Å²) in [5.74, 6) is 0. The predicted molar refractivity (Wildman–Crippen MR) is 142 cm³/mol. The SMILES string of the molecule is Cc1cccc(C)c1S(c1c(C)cccc1C)(c1c(C)cccc1C)N(S(=O)(=O)C(F)(F)F)S(=O)(=O)C(F)(F)F. The van der Waals surface area contributed by atoms with Crippen LogP contribution in [0.25, 0.3) is 0 Å². The van der Waals surface area contributed by atoms with Gasteiger partial charge in [-0.15, -0.1) is 0 Å². The molecule has 0 fully saturated rings. The molecule has 0 saturated carbocycles. The minimum atomic E-state index is -7.22. The molecule has 3 aromatic carbocycles. The summed E-state index contributed by atoms with van der Waals surface area (Å²) in [6.45, 7) is 8.36. The number of nitrogens with zero attached hydrogens (tertiary/aromatic N) is 1. The van der Waals surface area contributed by atoms with Crippen LogP contribution in [0, 0.1) is 41.5 Å². The molecule has 0 bridgehead atoms. The highest BCUT2D eigenvalue weighted by Crippen LogP contribution is 2.77. The number of benzene rings is 3. The van der Waals surface area contributed by atoms with E-state index in [0.717, 1.165) is 0 Å². The Labute approximate surface area is 231 Å². The maximum Gasteiger partial charge on any atom is 0.513 e. The van der Waals surface area contributed by atoms with Gasteiger partial charge in [-0.2, -0.15) is 26.3 Å². The van der Waals surface area contributed by atoms with E-state index in [2.05, 4.69) is 0 Å². The molecule has 0 N–H and O–H groups in total. The van der Waals surface area contributed by atoms with Crippen molar-refractivity contribution in [2.45, 2.75) is 67.2 Å². The third-order valence-electron chi connectivity index (χ3n) is 6.31. The summed E-state index contributed by atoms with van der Waals surface area (Å²) in [5.41, 5.74) is -12.2. The summed E-state index contributed by atoms with van der Waals surface area (Å²) in [6.07, 6.45) is 0. The number of rotatable bonds is 6. The summed E-state index contributed by atoms with van der Waals surface area (Å²) in [6, 6.07) is 12.8. The molecule has 0 aromatic heterocycles. The summed E-state index contributed by atoms with van der Waals surface area (Å²) in [4.78, 5) is -0.777. The molecule has 0 spiro atoms. The highest BCUT2D eigenvalue weighted by atomic mass is 32.4. The molecule has 14 heteroatoms. The molecule has 0 unspecified atom stereocenters. The summed E-state index contributed by atoms with van der Waals surface area (Å²) in [7, 11) is -19.1. The Hall–Kier alpha value is -2.55. The highest BCUT2D eigenvalue weighted by molar-refractivity contribution is 8.41. The van der Waals surface area contributed by atoms with Crippen LogP contribution in [0.4, 0.5) is 26.3 Å². The number of aryl methyl sites for hydroxylation is 6. The van der Waals surface area contributed by atoms with Crippen molar-refractivity contribution in [3.63, 3.8) is 0 Å². The zero-order valence-corrected chi connectivity index (χ0v) is 24.7. The van der Waals surface area contributed by atoms with E-state index in [4.69, 9.17) is 0 Å². The minimum Gasteiger partial charge on any atom is -0.201 e. The quantitative estimate of drug-likeness (QED) is 0.262. The van der Waals surface area contributed by atoms with Crippen LogP contribution in [0.15, 0.2) is 69.3 Å². The fourth-order valence-corrected chi connectivity index (χ4v) is 15.3. The molecule has 0 amide bonds. The third kappa shape index (κ3) is 4.82. The van der Waals surface area contributed by atoms with Crippen molar-refractivity contribution in [2.24, 2.45) is 0 Å². The highest BCUT2D eigenvalue weighted by Gasteiger charge is 2.68. The first-order valence-electron chi connectivity index (χ1n) is 11.6. The average Bonchev–Trinajstić information content (AvgIpc) is 2.76. The van der Waals surface area contributed by atoms with Crippen molar-refractivity contribution in [2.75, 3.05) is 0 Å². The second-order valence-corrected chi connectivity index (χ2v) is 16.3. The van der Waals surface area contributed by atoms with Crippen molar-refractivity contribution in [1.82, 2.24) is 3.12 Å². The Bertz CT molecular complexity index is 1450. The molecule has 40 heavy (non-hydrogen) atoms. The molecule has 0 atom stereocenters. The summed E-state index contributed by atoms with van der Waals surface area (Å²) < 4.78 is 139. The Morgan fingerprint density at radius 3 is 0.850 bits per heavy atom. The van der Waals surface area contributed by atoms with Crippen molar-refractivity contribution in [3.8, 4) is 0 Å². The molecule has 5 nitrogen and oxygen atoms in total. The van der Waals surface area contributed by atoms with Gasteiger partial charge >= 0.3 is 31.1 Å². The van der Waals surface area contributed by atoms with E-state index >= 15 is 0 Å². The van der Waals surface area contributed by atoms with Gasteiger partial charge in [0.1, 0.15) is 0 Å². The summed E-state index contributed by atoms with van der Waals surface area (Å²) in [5, 5.41) is 0. The fourth-order valence-electron chi connectivity index (χ4n) is 4.92. The first kappa shape index (κ1) is 32.0. The minimum absolute atomic E-state index is 0.111. The lowest BCUT2D eigenvalue weighted by Gasteiger charge is -2.51. The second-order valence-electron chi connectivity index (χ2n) is 9.31. The van der Waals surface area contributed by atoms with Crippen LogP contribution in [0.5, 0.6) is 0 Å². The van der Waals surface area contributed by atoms with Crippen molar-refractivity contribution in [3.05, 3.63) is 88.0 Å². The first-order valence-corrected chi connectivity index (χ1v) is 16.1. The van der Waals surface area contributed by atoms with Gasteiger partial charge < -0.3 is 0 Å². The van der Waals surface area contributed by atoms with E-state index in [1.54, 1.807) is 0 Å². The lowest BCUT2D eigenvalue weighted by atomic mass is 10.1. The van der Waals surface area contributed by atoms with Gasteiger partial charge in [0, 0.05) is 14.7 Å². The molecule has 0 saturated heterocycles. The number of hydrogen-bond donors (Lipinski definition) is 0. The fraction of sp³-hybridized carbons (Fsp3) is 0.308. The van der Waals surface area contributed by atoms with Crippen LogP contribution in [0.3, 0.4) is 0 Å². The van der Waals surface area contributed by atoms with Crippen LogP contribution < -0.4 is 0 Å². The second kappa shape index (κ2) is 10.4. The largest absolute Gasteiger partial charge is 0.513 e. The molecule has 0 heterocycles. The van der Waals surface area contributed by atoms with Crippen LogP contribution in [0.1, 0.15) is 33.4 Å². The molecule has 3 rings (SSSR count). The molecule has 220 valence electrons. The Morgan fingerprint density at radius 2 is 0.675 bits per heavy atom. The number of alkyl halides is 6. The normalized spacial score (nSPS) is 14.0. The lowest BCUT2D eigenvalue weighted by molar-refractivity contribution is -0.0505. The lowest BCUT2D eigenvalue weighted by Crippen LogP contribution is -2.50. The van der Waals surface area contributed by atoms with E-state index in [9.17, 15) is 43.2 Å². The van der Waals surface area contributed by atoms with Gasteiger partial charge in [-0.05, 0) is 78.0 Å². The van der Waals surface area contributed by atoms with Gasteiger partial charge in [0.2, 0.25) is 0 Å². The van der Waals surface area contributed by atoms with Crippen LogP contribution in [0.2, 0.25) is 0 Å². The van der Waals surface area contributed by atoms with Gasteiger partial charge in [-0.25, -0.2) is 16.8 Å². The molecule has 3 aromatic rings. The number of hydrogen-bond acceptors (Lipinski definition) is 4. The summed E-state index contributed by atoms with van der Waals surface area (Å²) >= 11 is 0. The Kier molecular flexibility index (Phi) is 8.29. The van der Waals surface area contributed by atoms with E-state index in [1.807, 2.05) is 0 Å². The van der Waals surface area contributed by atoms with Crippen molar-refractivity contribution in [1.29, 1.82) is 0 Å². The monoisotopic (exact) mass is 627 g/mol. The molecule has 0 aliphatic heterocycles. The molecule has 0 radical (unpaired) electrons. The van der Waals surface area contributed by atoms with Crippen LogP contribution in [-0.4, -0.2) is 31.0 Å². The van der Waals surface area contributed by atoms with Gasteiger partial charge in [0.25, 0.3) is 0 Å². The molecule has 0 aliphatic carbocycles. The van der Waals surface area contributed by atoms with Crippen LogP contribution >= 0.6 is 10.2 Å². The first-order chi connectivity index (χ1) is 18.1. The van der Waals surface area contributed by atoms with E-state index in [0.29, 0.717) is 0 Å². The van der Waals surface area contributed by atoms with Gasteiger partial charge in [-0.3, -0.25) is 0 Å². The van der Waals surface area contributed by atoms with Crippen molar-refractivity contribution < 1.29 is 43.2 Å². The molecular formula is C26H27F6NO4S3. The van der Waals surface area contributed by atoms with Gasteiger partial charge in [-0.1, -0.05) is 64.8 Å². The standard InChI is InChI=1S/C26H27F6NO4S3/c1-16-10-7-11-17(2)22(16)38(23-18(3)12-8-13-19(23)4,24-20(5)14-9-15-21(24)6)33(39(34,35)25(27,28)29)40(36,37)26(30,31)32/h7-15H,1-6H3. The number of halogens is 6. The van der Waals surface area contributed by atoms with E-state index in [1.165, 1.54) is 96.1 Å². The maximum absolute atomic E-state index is 14.4. The van der Waals surface area contributed by atoms with Gasteiger partial charge in [0.05, 0.1) is 0 Å². The van der Waals surface area contributed by atoms with Crippen LogP contribution in [-0.2, 0) is 20.0 Å². The predicted octanol–water partition coefficient (Wildman–Crippen LogP) is 7.74. The maximum atomic E-state index is 14.4. The molecular weight excluding hydrogens is 600 g/mol. The third-order valence-corrected chi connectivity index (χ3v) is 16.1. The topological polar surface area (TPSA) is 71.5 Å².